The fraction of sp³-hybridized carbons (Fsp3) is 0.173. The number of hydrogen-bond acceptors (Lipinski definition) is 3. The lowest BCUT2D eigenvalue weighted by Crippen LogP contribution is -2.25. The normalized spacial score (nSPS) is 21.1. The summed E-state index contributed by atoms with van der Waals surface area (Å²) in [4.78, 5) is 15.7. The van der Waals surface area contributed by atoms with E-state index in [2.05, 4.69) is 147 Å². The van der Waals surface area contributed by atoms with Crippen LogP contribution in [0.15, 0.2) is 163 Å². The first-order valence-corrected chi connectivity index (χ1v) is 19.8. The van der Waals surface area contributed by atoms with Crippen LogP contribution < -0.4 is 0 Å². The van der Waals surface area contributed by atoms with Crippen molar-refractivity contribution in [3.8, 4) is 11.3 Å². The van der Waals surface area contributed by atoms with Gasteiger partial charge < -0.3 is 0 Å². The summed E-state index contributed by atoms with van der Waals surface area (Å²) in [6.45, 7) is 6.59. The Morgan fingerprint density at radius 1 is 0.745 bits per heavy atom. The second-order valence-electron chi connectivity index (χ2n) is 15.2. The molecule has 0 radical (unpaired) electrons. The maximum Gasteiger partial charge on any atom is 0.0972 e. The van der Waals surface area contributed by atoms with Crippen LogP contribution >= 0.6 is 0 Å². The minimum Gasteiger partial charge on any atom is -0.248 e. The van der Waals surface area contributed by atoms with Crippen LogP contribution in [-0.4, -0.2) is 15.0 Å². The van der Waals surface area contributed by atoms with Gasteiger partial charge >= 0.3 is 0 Å². The Kier molecular flexibility index (Phi) is 8.44. The molecule has 0 fully saturated rings. The van der Waals surface area contributed by atoms with Crippen molar-refractivity contribution in [1.82, 2.24) is 15.0 Å². The smallest absolute Gasteiger partial charge is 0.0972 e. The van der Waals surface area contributed by atoms with Crippen LogP contribution in [0.3, 0.4) is 0 Å². The van der Waals surface area contributed by atoms with Crippen molar-refractivity contribution in [2.75, 3.05) is 0 Å². The van der Waals surface area contributed by atoms with Gasteiger partial charge in [0.15, 0.2) is 0 Å². The van der Waals surface area contributed by atoms with E-state index >= 15 is 0 Å². The van der Waals surface area contributed by atoms with Crippen LogP contribution in [0, 0.1) is 11.8 Å². The Morgan fingerprint density at radius 3 is 2.33 bits per heavy atom. The van der Waals surface area contributed by atoms with E-state index in [-0.39, 0.29) is 5.92 Å². The Labute approximate surface area is 323 Å². The second kappa shape index (κ2) is 13.9. The van der Waals surface area contributed by atoms with Gasteiger partial charge in [-0.15, -0.1) is 0 Å². The van der Waals surface area contributed by atoms with Crippen molar-refractivity contribution in [3.05, 3.63) is 197 Å². The summed E-state index contributed by atoms with van der Waals surface area (Å²) in [6.07, 6.45) is 37.6. The molecule has 3 aromatic heterocycles. The van der Waals surface area contributed by atoms with E-state index in [1.54, 1.807) is 5.57 Å². The molecule has 0 bridgehead atoms. The standard InChI is InChI=1S/C52H43N3/c1-3-34(22-21-33(2)45-31-29-38-27-28-39-30-32-46(36-13-5-4-6-14-36)54-52(39)51(38)53-45)35-23-25-37(26-24-35)50-49-43-18-10-8-16-41(43)40-15-7-9-17-42(40)48(49)44-19-11-12-20-47(44)55-50/h3-8,10,12-16,18,20-23,25-32,35,41,43H,2,9,11,17,19,24H2,1H3/b22-21-,34-3+. The summed E-state index contributed by atoms with van der Waals surface area (Å²) < 4.78 is 0. The third-order valence-electron chi connectivity index (χ3n) is 12.1. The molecule has 266 valence electrons. The van der Waals surface area contributed by atoms with E-state index in [1.807, 2.05) is 18.2 Å². The van der Waals surface area contributed by atoms with Gasteiger partial charge in [0.05, 0.1) is 33.8 Å². The molecule has 10 rings (SSSR count). The molecule has 5 aromatic rings. The average Bonchev–Trinajstić information content (AvgIpc) is 3.26. The molecule has 0 N–H and O–H groups in total. The highest BCUT2D eigenvalue weighted by atomic mass is 14.8. The number of benzene rings is 2. The lowest BCUT2D eigenvalue weighted by Gasteiger charge is -2.39. The third-order valence-corrected chi connectivity index (χ3v) is 12.1. The number of nitrogens with zero attached hydrogens (tertiary/aromatic N) is 3. The molecule has 0 saturated heterocycles. The van der Waals surface area contributed by atoms with Crippen LogP contribution in [0.2, 0.25) is 0 Å². The number of rotatable bonds is 6. The number of fused-ring (bicyclic) bond motifs is 10. The van der Waals surface area contributed by atoms with Gasteiger partial charge in [0.2, 0.25) is 0 Å². The number of allylic oxidation sites excluding steroid dienone is 18. The first kappa shape index (κ1) is 33.4. The van der Waals surface area contributed by atoms with Gasteiger partial charge in [0, 0.05) is 34.1 Å². The van der Waals surface area contributed by atoms with Crippen LogP contribution in [0.1, 0.15) is 72.3 Å². The van der Waals surface area contributed by atoms with Crippen LogP contribution in [-0.2, 0) is 6.42 Å². The maximum atomic E-state index is 5.47. The van der Waals surface area contributed by atoms with E-state index in [4.69, 9.17) is 15.0 Å². The number of pyridine rings is 3. The molecular formula is C52H43N3. The summed E-state index contributed by atoms with van der Waals surface area (Å²) in [5.41, 5.74) is 17.9. The second-order valence-corrected chi connectivity index (χ2v) is 15.2. The summed E-state index contributed by atoms with van der Waals surface area (Å²) in [7, 11) is 0. The lowest BCUT2D eigenvalue weighted by atomic mass is 9.65. The van der Waals surface area contributed by atoms with Crippen molar-refractivity contribution in [1.29, 1.82) is 0 Å². The molecule has 0 saturated carbocycles. The van der Waals surface area contributed by atoms with E-state index in [0.717, 1.165) is 87.8 Å². The Balaban J connectivity index is 0.937. The van der Waals surface area contributed by atoms with Gasteiger partial charge in [-0.05, 0) is 102 Å². The van der Waals surface area contributed by atoms with Crippen molar-refractivity contribution < 1.29 is 0 Å². The molecule has 5 aliphatic carbocycles. The van der Waals surface area contributed by atoms with Crippen LogP contribution in [0.4, 0.5) is 0 Å². The van der Waals surface area contributed by atoms with Crippen molar-refractivity contribution in [2.24, 2.45) is 11.8 Å². The molecule has 3 atom stereocenters. The van der Waals surface area contributed by atoms with Gasteiger partial charge in [-0.25, -0.2) is 15.0 Å². The van der Waals surface area contributed by atoms with Crippen molar-refractivity contribution >= 4 is 44.6 Å². The largest absolute Gasteiger partial charge is 0.248 e. The topological polar surface area (TPSA) is 38.7 Å². The van der Waals surface area contributed by atoms with Gasteiger partial charge in [0.25, 0.3) is 0 Å². The molecular weight excluding hydrogens is 667 g/mol. The van der Waals surface area contributed by atoms with E-state index < -0.39 is 0 Å². The molecule has 3 unspecified atom stereocenters. The first-order valence-electron chi connectivity index (χ1n) is 19.8. The molecule has 3 heterocycles. The molecule has 3 heteroatoms. The predicted octanol–water partition coefficient (Wildman–Crippen LogP) is 12.9. The minimum absolute atomic E-state index is 0.267. The zero-order chi connectivity index (χ0) is 36.9. The lowest BCUT2D eigenvalue weighted by molar-refractivity contribution is 0.647. The first-order chi connectivity index (χ1) is 27.1. The summed E-state index contributed by atoms with van der Waals surface area (Å²) in [5.74, 6) is 0.938. The average molecular weight is 710 g/mol. The fourth-order valence-corrected chi connectivity index (χ4v) is 9.28. The van der Waals surface area contributed by atoms with Gasteiger partial charge in [-0.3, -0.25) is 0 Å². The molecule has 0 spiro atoms. The number of hydrogen-bond donors (Lipinski definition) is 0. The predicted molar refractivity (Wildman–Crippen MR) is 231 cm³/mol. The quantitative estimate of drug-likeness (QED) is 0.130. The van der Waals surface area contributed by atoms with Crippen LogP contribution in [0.25, 0.3) is 55.9 Å². The Morgan fingerprint density at radius 2 is 1.51 bits per heavy atom. The molecule has 0 aliphatic heterocycles. The maximum absolute atomic E-state index is 5.47. The molecule has 0 amide bonds. The zero-order valence-corrected chi connectivity index (χ0v) is 31.3. The van der Waals surface area contributed by atoms with Gasteiger partial charge in [-0.1, -0.05) is 140 Å². The van der Waals surface area contributed by atoms with E-state index in [1.165, 1.54) is 33.4 Å². The Hall–Kier alpha value is -6.19. The summed E-state index contributed by atoms with van der Waals surface area (Å²) >= 11 is 0. The monoisotopic (exact) mass is 709 g/mol. The van der Waals surface area contributed by atoms with E-state index in [0.29, 0.717) is 11.8 Å². The third kappa shape index (κ3) is 5.86. The molecule has 3 nitrogen and oxygen atoms in total. The SMILES string of the molecule is C=C(/C=C\C(=C/C)C1C=CC(c2nc3c(c4c2C2C=CC=CC2C2=C4CCC=C2)CCC=C3)=CC1)c1ccc2ccc3ccc(-c4ccccc4)nc3c2n1. The van der Waals surface area contributed by atoms with Crippen molar-refractivity contribution in [3.63, 3.8) is 0 Å². The molecule has 2 aromatic carbocycles. The number of aromatic nitrogens is 3. The van der Waals surface area contributed by atoms with Crippen LogP contribution in [0.5, 0.6) is 0 Å². The summed E-state index contributed by atoms with van der Waals surface area (Å²) in [6, 6.07) is 23.0. The Bertz CT molecular complexity index is 2710. The molecule has 55 heavy (non-hydrogen) atoms. The highest BCUT2D eigenvalue weighted by Crippen LogP contribution is 2.52. The minimum atomic E-state index is 0.267. The van der Waals surface area contributed by atoms with E-state index in [9.17, 15) is 0 Å². The van der Waals surface area contributed by atoms with Gasteiger partial charge in [0.1, 0.15) is 0 Å². The van der Waals surface area contributed by atoms with Crippen molar-refractivity contribution in [2.45, 2.75) is 44.9 Å². The summed E-state index contributed by atoms with van der Waals surface area (Å²) in [5, 5.41) is 2.15. The fourth-order valence-electron chi connectivity index (χ4n) is 9.28. The highest BCUT2D eigenvalue weighted by Gasteiger charge is 2.38. The molecule has 5 aliphatic rings. The van der Waals surface area contributed by atoms with Gasteiger partial charge in [-0.2, -0.15) is 0 Å². The highest BCUT2D eigenvalue weighted by molar-refractivity contribution is 6.04. The zero-order valence-electron chi connectivity index (χ0n) is 31.3.